The van der Waals surface area contributed by atoms with Gasteiger partial charge in [0.15, 0.2) is 0 Å². The van der Waals surface area contributed by atoms with Crippen LogP contribution < -0.4 is 0 Å². The number of aromatic nitrogens is 2. The Hall–Kier alpha value is -3.03. The molecule has 0 spiro atoms. The third-order valence-electron chi connectivity index (χ3n) is 2.69. The second kappa shape index (κ2) is 5.95. The predicted octanol–water partition coefficient (Wildman–Crippen LogP) is 1.77. The van der Waals surface area contributed by atoms with Gasteiger partial charge in [0.05, 0.1) is 35.7 Å². The van der Waals surface area contributed by atoms with E-state index >= 15 is 0 Å². The molecule has 1 aromatic carbocycles. The summed E-state index contributed by atoms with van der Waals surface area (Å²) in [6.07, 6.45) is 1.49. The minimum absolute atomic E-state index is 0.259. The number of hydrogen-bond donors (Lipinski definition) is 0. The second-order valence-corrected chi connectivity index (χ2v) is 4.15. The van der Waals surface area contributed by atoms with Gasteiger partial charge in [-0.05, 0) is 29.5 Å². The average Bonchev–Trinajstić information content (AvgIpc) is 2.86. The van der Waals surface area contributed by atoms with Crippen molar-refractivity contribution in [2.45, 2.75) is 6.92 Å². The monoisotopic (exact) mass is 288 g/mol. The summed E-state index contributed by atoms with van der Waals surface area (Å²) in [6, 6.07) is 7.90. The number of methoxy groups -OCH3 is 1. The van der Waals surface area contributed by atoms with E-state index in [1.54, 1.807) is 31.2 Å². The molecule has 0 N–H and O–H groups in total. The number of carbonyl (C=O) groups is 1. The zero-order chi connectivity index (χ0) is 15.4. The molecule has 2 rings (SSSR count). The molecule has 0 aliphatic carbocycles. The number of ether oxygens (including phenoxy) is 1. The number of esters is 1. The van der Waals surface area contributed by atoms with Crippen LogP contribution in [0.25, 0.3) is 0 Å². The van der Waals surface area contributed by atoms with Gasteiger partial charge in [-0.2, -0.15) is 0 Å². The SMILES string of the molecule is COC(=O)c1ccc(C=Nn2nc([N+](=O)[O-])cc2C)cc1. The van der Waals surface area contributed by atoms with Crippen LogP contribution in [-0.4, -0.2) is 34.1 Å². The van der Waals surface area contributed by atoms with E-state index in [-0.39, 0.29) is 5.82 Å². The van der Waals surface area contributed by atoms with Crippen molar-refractivity contribution in [1.82, 2.24) is 9.89 Å². The van der Waals surface area contributed by atoms with E-state index in [4.69, 9.17) is 0 Å². The average molecular weight is 288 g/mol. The molecular formula is C13H12N4O4. The van der Waals surface area contributed by atoms with Crippen LogP contribution in [0.4, 0.5) is 5.82 Å². The van der Waals surface area contributed by atoms with Crippen LogP contribution in [0.15, 0.2) is 35.4 Å². The second-order valence-electron chi connectivity index (χ2n) is 4.15. The number of carbonyl (C=O) groups excluding carboxylic acids is 1. The summed E-state index contributed by atoms with van der Waals surface area (Å²) >= 11 is 0. The Morgan fingerprint density at radius 2 is 2.10 bits per heavy atom. The molecule has 1 heterocycles. The highest BCUT2D eigenvalue weighted by Gasteiger charge is 2.14. The molecule has 0 unspecified atom stereocenters. The number of benzene rings is 1. The van der Waals surface area contributed by atoms with Gasteiger partial charge in [0.1, 0.15) is 0 Å². The molecule has 0 bridgehead atoms. The maximum atomic E-state index is 11.3. The maximum Gasteiger partial charge on any atom is 0.392 e. The fraction of sp³-hybridized carbons (Fsp3) is 0.154. The van der Waals surface area contributed by atoms with E-state index in [1.807, 2.05) is 0 Å². The van der Waals surface area contributed by atoms with E-state index in [2.05, 4.69) is 14.9 Å². The normalized spacial score (nSPS) is 10.8. The van der Waals surface area contributed by atoms with Crippen LogP contribution >= 0.6 is 0 Å². The van der Waals surface area contributed by atoms with E-state index in [1.165, 1.54) is 24.2 Å². The minimum Gasteiger partial charge on any atom is -0.465 e. The van der Waals surface area contributed by atoms with Crippen molar-refractivity contribution in [3.05, 3.63) is 57.3 Å². The highest BCUT2D eigenvalue weighted by Crippen LogP contribution is 2.10. The van der Waals surface area contributed by atoms with Crippen LogP contribution in [0.2, 0.25) is 0 Å². The molecule has 0 saturated heterocycles. The van der Waals surface area contributed by atoms with Crippen molar-refractivity contribution in [2.75, 3.05) is 7.11 Å². The molecule has 8 nitrogen and oxygen atoms in total. The Kier molecular flexibility index (Phi) is 4.07. The standard InChI is InChI=1S/C13H12N4O4/c1-9-7-12(17(19)20)15-16(9)14-8-10-3-5-11(6-4-10)13(18)21-2/h3-8H,1-2H3. The van der Waals surface area contributed by atoms with Crippen molar-refractivity contribution < 1.29 is 14.5 Å². The number of nitrogens with zero attached hydrogens (tertiary/aromatic N) is 4. The zero-order valence-electron chi connectivity index (χ0n) is 11.4. The van der Waals surface area contributed by atoms with Gasteiger partial charge in [-0.3, -0.25) is 0 Å². The molecule has 0 fully saturated rings. The number of aryl methyl sites for hydroxylation is 1. The predicted molar refractivity (Wildman–Crippen MR) is 74.4 cm³/mol. The third-order valence-corrected chi connectivity index (χ3v) is 2.69. The molecule has 8 heteroatoms. The number of hydrogen-bond acceptors (Lipinski definition) is 6. The Morgan fingerprint density at radius 3 is 2.62 bits per heavy atom. The minimum atomic E-state index is -0.579. The van der Waals surface area contributed by atoms with Gasteiger partial charge in [-0.15, -0.1) is 5.10 Å². The Labute approximate surface area is 119 Å². The molecule has 2 aromatic rings. The molecule has 0 atom stereocenters. The van der Waals surface area contributed by atoms with E-state index < -0.39 is 10.9 Å². The lowest BCUT2D eigenvalue weighted by Gasteiger charge is -1.98. The van der Waals surface area contributed by atoms with Crippen molar-refractivity contribution in [3.8, 4) is 0 Å². The number of nitro groups is 1. The quantitative estimate of drug-likeness (QED) is 0.369. The molecule has 1 aromatic heterocycles. The molecular weight excluding hydrogens is 276 g/mol. The van der Waals surface area contributed by atoms with Crippen LogP contribution in [0, 0.1) is 17.0 Å². The van der Waals surface area contributed by atoms with Crippen molar-refractivity contribution in [1.29, 1.82) is 0 Å². The van der Waals surface area contributed by atoms with E-state index in [0.717, 1.165) is 5.56 Å². The highest BCUT2D eigenvalue weighted by molar-refractivity contribution is 5.90. The largest absolute Gasteiger partial charge is 0.465 e. The van der Waals surface area contributed by atoms with Gasteiger partial charge in [0.25, 0.3) is 0 Å². The van der Waals surface area contributed by atoms with Crippen molar-refractivity contribution >= 4 is 18.0 Å². The molecule has 0 radical (unpaired) electrons. The summed E-state index contributed by atoms with van der Waals surface area (Å²) < 4.78 is 4.60. The molecule has 21 heavy (non-hydrogen) atoms. The molecule has 0 aliphatic heterocycles. The summed E-state index contributed by atoms with van der Waals surface area (Å²) in [5, 5.41) is 18.4. The van der Waals surface area contributed by atoms with Gasteiger partial charge in [0, 0.05) is 0 Å². The lowest BCUT2D eigenvalue weighted by atomic mass is 10.1. The smallest absolute Gasteiger partial charge is 0.392 e. The first-order chi connectivity index (χ1) is 10.0. The van der Waals surface area contributed by atoms with Crippen molar-refractivity contribution in [3.63, 3.8) is 0 Å². The van der Waals surface area contributed by atoms with Crippen LogP contribution in [0.3, 0.4) is 0 Å². The summed E-state index contributed by atoms with van der Waals surface area (Å²) in [5.41, 5.74) is 1.70. The van der Waals surface area contributed by atoms with Crippen LogP contribution in [-0.2, 0) is 4.74 Å². The van der Waals surface area contributed by atoms with Gasteiger partial charge in [-0.1, -0.05) is 16.9 Å². The van der Waals surface area contributed by atoms with E-state index in [9.17, 15) is 14.9 Å². The van der Waals surface area contributed by atoms with E-state index in [0.29, 0.717) is 11.3 Å². The highest BCUT2D eigenvalue weighted by atomic mass is 16.6. The van der Waals surface area contributed by atoms with Gasteiger partial charge in [0.2, 0.25) is 0 Å². The van der Waals surface area contributed by atoms with Crippen molar-refractivity contribution in [2.24, 2.45) is 5.10 Å². The summed E-state index contributed by atoms with van der Waals surface area (Å²) in [6.45, 7) is 1.66. The van der Waals surface area contributed by atoms with Gasteiger partial charge in [-0.25, -0.2) is 4.79 Å². The van der Waals surface area contributed by atoms with Gasteiger partial charge < -0.3 is 14.9 Å². The molecule has 0 saturated carbocycles. The fourth-order valence-corrected chi connectivity index (χ4v) is 1.60. The Bertz CT molecular complexity index is 703. The first kappa shape index (κ1) is 14.4. The summed E-state index contributed by atoms with van der Waals surface area (Å²) in [4.78, 5) is 22.5. The Balaban J connectivity index is 2.17. The molecule has 108 valence electrons. The molecule has 0 amide bonds. The lowest BCUT2D eigenvalue weighted by molar-refractivity contribution is -0.389. The maximum absolute atomic E-state index is 11.3. The zero-order valence-corrected chi connectivity index (χ0v) is 11.4. The fourth-order valence-electron chi connectivity index (χ4n) is 1.60. The van der Waals surface area contributed by atoms with Gasteiger partial charge >= 0.3 is 11.8 Å². The van der Waals surface area contributed by atoms with Crippen LogP contribution in [0.5, 0.6) is 0 Å². The summed E-state index contributed by atoms with van der Waals surface area (Å²) in [7, 11) is 1.31. The van der Waals surface area contributed by atoms with Crippen LogP contribution in [0.1, 0.15) is 21.6 Å². The lowest BCUT2D eigenvalue weighted by Crippen LogP contribution is -2.01. The molecule has 0 aliphatic rings. The number of rotatable bonds is 4. The first-order valence-electron chi connectivity index (χ1n) is 5.95. The topological polar surface area (TPSA) is 99.6 Å². The Morgan fingerprint density at radius 1 is 1.43 bits per heavy atom. The first-order valence-corrected chi connectivity index (χ1v) is 5.95. The summed E-state index contributed by atoms with van der Waals surface area (Å²) in [5.74, 6) is -0.678. The third kappa shape index (κ3) is 3.30.